The SMILES string of the molecule is CCNC(=NCCc1ncc(CC)s1)N(C)CCOc1ccc(F)cc1. The first kappa shape index (κ1) is 20.2. The predicted octanol–water partition coefficient (Wildman–Crippen LogP) is 3.36. The maximum atomic E-state index is 12.9. The fourth-order valence-electron chi connectivity index (χ4n) is 2.29. The van der Waals surface area contributed by atoms with Crippen molar-refractivity contribution in [2.45, 2.75) is 26.7 Å². The Balaban J connectivity index is 1.80. The van der Waals surface area contributed by atoms with Gasteiger partial charge in [-0.3, -0.25) is 4.99 Å². The summed E-state index contributed by atoms with van der Waals surface area (Å²) in [5.41, 5.74) is 0. The number of nitrogens with one attached hydrogen (secondary N) is 1. The zero-order chi connectivity index (χ0) is 18.8. The highest BCUT2D eigenvalue weighted by molar-refractivity contribution is 7.11. The lowest BCUT2D eigenvalue weighted by molar-refractivity contribution is 0.281. The molecule has 2 aromatic rings. The number of nitrogens with zero attached hydrogens (tertiary/aromatic N) is 3. The van der Waals surface area contributed by atoms with Gasteiger partial charge in [-0.2, -0.15) is 0 Å². The second-order valence-electron chi connectivity index (χ2n) is 5.78. The number of hydrogen-bond acceptors (Lipinski definition) is 4. The summed E-state index contributed by atoms with van der Waals surface area (Å²) in [5.74, 6) is 1.25. The Labute approximate surface area is 158 Å². The van der Waals surface area contributed by atoms with Crippen LogP contribution in [0.4, 0.5) is 4.39 Å². The van der Waals surface area contributed by atoms with Gasteiger partial charge < -0.3 is 15.0 Å². The lowest BCUT2D eigenvalue weighted by Crippen LogP contribution is -2.41. The summed E-state index contributed by atoms with van der Waals surface area (Å²) in [4.78, 5) is 12.5. The Bertz CT molecular complexity index is 687. The molecule has 0 aliphatic heterocycles. The van der Waals surface area contributed by atoms with Crippen LogP contribution in [0.5, 0.6) is 5.75 Å². The highest BCUT2D eigenvalue weighted by Crippen LogP contribution is 2.14. The molecule has 0 bridgehead atoms. The van der Waals surface area contributed by atoms with E-state index in [0.29, 0.717) is 25.4 Å². The molecule has 142 valence electrons. The topological polar surface area (TPSA) is 49.8 Å². The molecule has 7 heteroatoms. The summed E-state index contributed by atoms with van der Waals surface area (Å²) in [5, 5.41) is 4.42. The molecule has 0 radical (unpaired) electrons. The van der Waals surface area contributed by atoms with Crippen LogP contribution in [0.2, 0.25) is 0 Å². The van der Waals surface area contributed by atoms with Gasteiger partial charge in [0.1, 0.15) is 18.2 Å². The zero-order valence-corrected chi connectivity index (χ0v) is 16.5. The summed E-state index contributed by atoms with van der Waals surface area (Å²) in [6.07, 6.45) is 3.83. The van der Waals surface area contributed by atoms with Crippen molar-refractivity contribution in [3.8, 4) is 5.75 Å². The van der Waals surface area contributed by atoms with E-state index in [-0.39, 0.29) is 5.82 Å². The molecule has 0 saturated heterocycles. The van der Waals surface area contributed by atoms with E-state index in [1.54, 1.807) is 23.5 Å². The lowest BCUT2D eigenvalue weighted by atomic mass is 10.3. The normalized spacial score (nSPS) is 11.5. The minimum atomic E-state index is -0.262. The third kappa shape index (κ3) is 6.63. The van der Waals surface area contributed by atoms with Crippen LogP contribution in [0.1, 0.15) is 23.7 Å². The van der Waals surface area contributed by atoms with Crippen LogP contribution in [0, 0.1) is 5.82 Å². The number of rotatable bonds is 9. The molecular formula is C19H27FN4OS. The summed E-state index contributed by atoms with van der Waals surface area (Å²) in [6, 6.07) is 6.06. The summed E-state index contributed by atoms with van der Waals surface area (Å²) >= 11 is 1.76. The number of guanidine groups is 1. The quantitative estimate of drug-likeness (QED) is 0.537. The smallest absolute Gasteiger partial charge is 0.193 e. The van der Waals surface area contributed by atoms with Gasteiger partial charge in [-0.25, -0.2) is 9.37 Å². The van der Waals surface area contributed by atoms with E-state index in [9.17, 15) is 4.39 Å². The van der Waals surface area contributed by atoms with Crippen molar-refractivity contribution >= 4 is 17.3 Å². The average Bonchev–Trinajstić information content (AvgIpc) is 3.10. The molecule has 0 aliphatic carbocycles. The Morgan fingerprint density at radius 3 is 2.73 bits per heavy atom. The van der Waals surface area contributed by atoms with Gasteiger partial charge in [-0.15, -0.1) is 11.3 Å². The molecule has 0 fully saturated rings. The summed E-state index contributed by atoms with van der Waals surface area (Å²) < 4.78 is 18.5. The molecule has 0 atom stereocenters. The molecule has 26 heavy (non-hydrogen) atoms. The standard InChI is InChI=1S/C19H27FN4OS/c1-4-17-14-23-18(26-17)10-11-22-19(21-5-2)24(3)12-13-25-16-8-6-15(20)7-9-16/h6-9,14H,4-5,10-13H2,1-3H3,(H,21,22). The molecule has 1 aromatic heterocycles. The van der Waals surface area contributed by atoms with E-state index in [0.717, 1.165) is 30.4 Å². The van der Waals surface area contributed by atoms with Gasteiger partial charge in [0.15, 0.2) is 5.96 Å². The first-order valence-electron chi connectivity index (χ1n) is 8.93. The van der Waals surface area contributed by atoms with E-state index >= 15 is 0 Å². The highest BCUT2D eigenvalue weighted by Gasteiger charge is 2.06. The Morgan fingerprint density at radius 1 is 1.31 bits per heavy atom. The third-order valence-corrected chi connectivity index (χ3v) is 4.94. The van der Waals surface area contributed by atoms with Gasteiger partial charge in [-0.1, -0.05) is 6.92 Å². The van der Waals surface area contributed by atoms with Gasteiger partial charge in [0.05, 0.1) is 11.6 Å². The number of benzene rings is 1. The highest BCUT2D eigenvalue weighted by atomic mass is 32.1. The maximum Gasteiger partial charge on any atom is 0.193 e. The molecule has 0 amide bonds. The molecule has 0 unspecified atom stereocenters. The number of aromatic nitrogens is 1. The van der Waals surface area contributed by atoms with Crippen molar-refractivity contribution in [3.63, 3.8) is 0 Å². The van der Waals surface area contributed by atoms with Crippen molar-refractivity contribution in [2.24, 2.45) is 4.99 Å². The van der Waals surface area contributed by atoms with Crippen molar-refractivity contribution in [2.75, 3.05) is 33.3 Å². The van der Waals surface area contributed by atoms with Crippen molar-refractivity contribution in [1.29, 1.82) is 0 Å². The summed E-state index contributed by atoms with van der Waals surface area (Å²) in [6.45, 7) is 6.87. The molecule has 0 aliphatic rings. The number of hydrogen-bond donors (Lipinski definition) is 1. The second kappa shape index (κ2) is 10.8. The van der Waals surface area contributed by atoms with Crippen LogP contribution < -0.4 is 10.1 Å². The van der Waals surface area contributed by atoms with E-state index in [1.807, 2.05) is 25.1 Å². The van der Waals surface area contributed by atoms with Gasteiger partial charge in [0.2, 0.25) is 0 Å². The fourth-order valence-corrected chi connectivity index (χ4v) is 3.14. The molecule has 2 rings (SSSR count). The van der Waals surface area contributed by atoms with Crippen LogP contribution in [-0.4, -0.2) is 49.1 Å². The van der Waals surface area contributed by atoms with Crippen LogP contribution in [-0.2, 0) is 12.8 Å². The summed E-state index contributed by atoms with van der Waals surface area (Å²) in [7, 11) is 1.98. The van der Waals surface area contributed by atoms with Gasteiger partial charge in [-0.05, 0) is 37.6 Å². The first-order chi connectivity index (χ1) is 12.6. The average molecular weight is 379 g/mol. The molecule has 0 spiro atoms. The minimum absolute atomic E-state index is 0.262. The molecule has 1 N–H and O–H groups in total. The Kier molecular flexibility index (Phi) is 8.34. The van der Waals surface area contributed by atoms with Crippen LogP contribution >= 0.6 is 11.3 Å². The monoisotopic (exact) mass is 378 g/mol. The van der Waals surface area contributed by atoms with E-state index in [4.69, 9.17) is 4.74 Å². The van der Waals surface area contributed by atoms with Crippen molar-refractivity contribution in [3.05, 3.63) is 46.2 Å². The van der Waals surface area contributed by atoms with Crippen LogP contribution in [0.15, 0.2) is 35.5 Å². The zero-order valence-electron chi connectivity index (χ0n) is 15.7. The Hall–Kier alpha value is -2.15. The third-order valence-electron chi connectivity index (χ3n) is 3.74. The van der Waals surface area contributed by atoms with Gasteiger partial charge in [0, 0.05) is 37.6 Å². The van der Waals surface area contributed by atoms with Gasteiger partial charge in [0.25, 0.3) is 0 Å². The maximum absolute atomic E-state index is 12.9. The molecule has 1 aromatic carbocycles. The predicted molar refractivity (Wildman–Crippen MR) is 106 cm³/mol. The van der Waals surface area contributed by atoms with E-state index in [1.165, 1.54) is 17.0 Å². The lowest BCUT2D eigenvalue weighted by Gasteiger charge is -2.22. The molecule has 0 saturated carbocycles. The van der Waals surface area contributed by atoms with E-state index < -0.39 is 0 Å². The molecule has 1 heterocycles. The van der Waals surface area contributed by atoms with Crippen molar-refractivity contribution in [1.82, 2.24) is 15.2 Å². The van der Waals surface area contributed by atoms with Crippen molar-refractivity contribution < 1.29 is 9.13 Å². The number of likely N-dealkylation sites (N-methyl/N-ethyl adjacent to an activating group) is 1. The van der Waals surface area contributed by atoms with Crippen LogP contribution in [0.3, 0.4) is 0 Å². The Morgan fingerprint density at radius 2 is 2.08 bits per heavy atom. The van der Waals surface area contributed by atoms with Crippen LogP contribution in [0.25, 0.3) is 0 Å². The minimum Gasteiger partial charge on any atom is -0.492 e. The molecular weight excluding hydrogens is 351 g/mol. The van der Waals surface area contributed by atoms with Gasteiger partial charge >= 0.3 is 0 Å². The number of thiazole rings is 1. The number of aryl methyl sites for hydroxylation is 1. The molecule has 5 nitrogen and oxygen atoms in total. The van der Waals surface area contributed by atoms with E-state index in [2.05, 4.69) is 22.2 Å². The number of halogens is 1. The largest absolute Gasteiger partial charge is 0.492 e. The second-order valence-corrected chi connectivity index (χ2v) is 6.98. The fraction of sp³-hybridized carbons (Fsp3) is 0.474. The first-order valence-corrected chi connectivity index (χ1v) is 9.75. The number of aliphatic imine (C=N–C) groups is 1. The number of ether oxygens (including phenoxy) is 1.